The van der Waals surface area contributed by atoms with Crippen molar-refractivity contribution in [3.05, 3.63) is 42.0 Å². The van der Waals surface area contributed by atoms with Gasteiger partial charge in [0, 0.05) is 6.07 Å². The van der Waals surface area contributed by atoms with Crippen molar-refractivity contribution in [1.82, 2.24) is 0 Å². The fourth-order valence-corrected chi connectivity index (χ4v) is 3.17. The van der Waals surface area contributed by atoms with Gasteiger partial charge in [-0.25, -0.2) is 13.2 Å². The molecule has 25 heavy (non-hydrogen) atoms. The van der Waals surface area contributed by atoms with E-state index in [-0.39, 0.29) is 21.9 Å². The number of para-hydroxylation sites is 1. The van der Waals surface area contributed by atoms with Gasteiger partial charge in [-0.3, -0.25) is 4.72 Å². The number of hydrogen-bond donors (Lipinski definition) is 2. The summed E-state index contributed by atoms with van der Waals surface area (Å²) >= 11 is 0. The lowest BCUT2D eigenvalue weighted by Gasteiger charge is -2.13. The first-order chi connectivity index (χ1) is 11.8. The smallest absolute Gasteiger partial charge is 0.341 e. The van der Waals surface area contributed by atoms with E-state index in [1.807, 2.05) is 0 Å². The molecule has 8 nitrogen and oxygen atoms in total. The molecule has 0 saturated heterocycles. The molecule has 0 bridgehead atoms. The lowest BCUT2D eigenvalue weighted by Crippen LogP contribution is -2.14. The third-order valence-electron chi connectivity index (χ3n) is 3.35. The summed E-state index contributed by atoms with van der Waals surface area (Å²) in [6.07, 6.45) is 0. The molecule has 2 aromatic carbocycles. The number of carbonyl (C=O) groups is 1. The number of benzene rings is 2. The summed E-state index contributed by atoms with van der Waals surface area (Å²) in [7, 11) is -0.0718. The van der Waals surface area contributed by atoms with Crippen molar-refractivity contribution in [3.8, 4) is 17.2 Å². The van der Waals surface area contributed by atoms with Crippen LogP contribution in [-0.2, 0) is 14.8 Å². The number of aromatic hydroxyl groups is 1. The molecule has 0 aliphatic heterocycles. The lowest BCUT2D eigenvalue weighted by atomic mass is 10.2. The number of methoxy groups -OCH3 is 3. The lowest BCUT2D eigenvalue weighted by molar-refractivity contribution is 0.0597. The third-order valence-corrected chi connectivity index (χ3v) is 4.71. The van der Waals surface area contributed by atoms with Crippen LogP contribution in [-0.4, -0.2) is 40.8 Å². The number of phenolic OH excluding ortho intramolecular Hbond substituents is 1. The molecular formula is C16H17NO7S. The van der Waals surface area contributed by atoms with Crippen LogP contribution in [0.5, 0.6) is 17.2 Å². The first-order valence-corrected chi connectivity index (χ1v) is 8.47. The molecule has 0 aliphatic carbocycles. The SMILES string of the molecule is COC(=O)c1cccc(NS(=O)(=O)c2ccc(OC)c(OC)c2)c1O. The fraction of sp³-hybridized carbons (Fsp3) is 0.188. The Labute approximate surface area is 145 Å². The number of sulfonamides is 1. The fourth-order valence-electron chi connectivity index (χ4n) is 2.09. The summed E-state index contributed by atoms with van der Waals surface area (Å²) in [5.74, 6) is -0.710. The number of rotatable bonds is 6. The highest BCUT2D eigenvalue weighted by Gasteiger charge is 2.21. The Morgan fingerprint density at radius 1 is 1.04 bits per heavy atom. The van der Waals surface area contributed by atoms with Gasteiger partial charge in [0.2, 0.25) is 0 Å². The van der Waals surface area contributed by atoms with Crippen LogP contribution in [0.2, 0.25) is 0 Å². The van der Waals surface area contributed by atoms with E-state index < -0.39 is 21.7 Å². The Hall–Kier alpha value is -2.94. The second-order valence-corrected chi connectivity index (χ2v) is 6.50. The molecule has 9 heteroatoms. The van der Waals surface area contributed by atoms with Crippen molar-refractivity contribution < 1.29 is 32.5 Å². The molecule has 0 fully saturated rings. The van der Waals surface area contributed by atoms with Crippen molar-refractivity contribution in [3.63, 3.8) is 0 Å². The van der Waals surface area contributed by atoms with Crippen molar-refractivity contribution in [1.29, 1.82) is 0 Å². The Balaban J connectivity index is 2.41. The highest BCUT2D eigenvalue weighted by atomic mass is 32.2. The number of phenols is 1. The van der Waals surface area contributed by atoms with Crippen LogP contribution in [0.4, 0.5) is 5.69 Å². The molecule has 0 radical (unpaired) electrons. The molecule has 2 N–H and O–H groups in total. The van der Waals surface area contributed by atoms with E-state index >= 15 is 0 Å². The van der Waals surface area contributed by atoms with Gasteiger partial charge in [0.05, 0.1) is 31.9 Å². The molecule has 0 unspecified atom stereocenters. The predicted octanol–water partition coefficient (Wildman–Crippen LogP) is 2.00. The Bertz CT molecular complexity index is 893. The summed E-state index contributed by atoms with van der Waals surface area (Å²) in [5, 5.41) is 10.1. The zero-order chi connectivity index (χ0) is 18.6. The van der Waals surface area contributed by atoms with Crippen LogP contribution < -0.4 is 14.2 Å². The zero-order valence-electron chi connectivity index (χ0n) is 13.8. The van der Waals surface area contributed by atoms with Crippen LogP contribution >= 0.6 is 0 Å². The largest absolute Gasteiger partial charge is 0.505 e. The number of anilines is 1. The highest BCUT2D eigenvalue weighted by Crippen LogP contribution is 2.33. The molecule has 0 atom stereocenters. The highest BCUT2D eigenvalue weighted by molar-refractivity contribution is 7.92. The van der Waals surface area contributed by atoms with Gasteiger partial charge in [-0.2, -0.15) is 0 Å². The van der Waals surface area contributed by atoms with Crippen molar-refractivity contribution in [2.75, 3.05) is 26.1 Å². The number of ether oxygens (including phenoxy) is 3. The second kappa shape index (κ2) is 7.31. The minimum atomic E-state index is -4.04. The van der Waals surface area contributed by atoms with Crippen LogP contribution in [0.1, 0.15) is 10.4 Å². The third kappa shape index (κ3) is 3.77. The summed E-state index contributed by atoms with van der Waals surface area (Å²) in [6, 6.07) is 8.10. The molecule has 0 saturated carbocycles. The van der Waals surface area contributed by atoms with Gasteiger partial charge in [0.1, 0.15) is 5.56 Å². The molecule has 134 valence electrons. The minimum absolute atomic E-state index is 0.104. The Morgan fingerprint density at radius 3 is 2.32 bits per heavy atom. The van der Waals surface area contributed by atoms with E-state index in [0.717, 1.165) is 7.11 Å². The molecule has 0 aliphatic rings. The summed E-state index contributed by atoms with van der Waals surface area (Å²) in [4.78, 5) is 11.5. The van der Waals surface area contributed by atoms with Crippen LogP contribution in [0, 0.1) is 0 Å². The second-order valence-electron chi connectivity index (χ2n) is 4.82. The molecule has 0 aromatic heterocycles. The maximum Gasteiger partial charge on any atom is 0.341 e. The predicted molar refractivity (Wildman–Crippen MR) is 89.8 cm³/mol. The molecular weight excluding hydrogens is 350 g/mol. The molecule has 0 heterocycles. The zero-order valence-corrected chi connectivity index (χ0v) is 14.6. The minimum Gasteiger partial charge on any atom is -0.505 e. The van der Waals surface area contributed by atoms with Gasteiger partial charge >= 0.3 is 5.97 Å². The van der Waals surface area contributed by atoms with E-state index in [1.54, 1.807) is 0 Å². The van der Waals surface area contributed by atoms with Gasteiger partial charge in [-0.1, -0.05) is 6.07 Å². The Morgan fingerprint density at radius 2 is 1.72 bits per heavy atom. The van der Waals surface area contributed by atoms with Crippen LogP contribution in [0.3, 0.4) is 0 Å². The monoisotopic (exact) mass is 367 g/mol. The van der Waals surface area contributed by atoms with E-state index in [9.17, 15) is 18.3 Å². The topological polar surface area (TPSA) is 111 Å². The number of nitrogens with one attached hydrogen (secondary N) is 1. The van der Waals surface area contributed by atoms with E-state index in [0.29, 0.717) is 5.75 Å². The maximum atomic E-state index is 12.5. The van der Waals surface area contributed by atoms with Crippen molar-refractivity contribution in [2.24, 2.45) is 0 Å². The maximum absolute atomic E-state index is 12.5. The molecule has 0 amide bonds. The Kier molecular flexibility index (Phi) is 5.38. The van der Waals surface area contributed by atoms with Gasteiger partial charge < -0.3 is 19.3 Å². The van der Waals surface area contributed by atoms with E-state index in [4.69, 9.17) is 9.47 Å². The van der Waals surface area contributed by atoms with Gasteiger partial charge in [0.25, 0.3) is 10.0 Å². The summed E-state index contributed by atoms with van der Waals surface area (Å²) in [6.45, 7) is 0. The van der Waals surface area contributed by atoms with Gasteiger partial charge in [-0.15, -0.1) is 0 Å². The number of carbonyl (C=O) groups excluding carboxylic acids is 1. The molecule has 0 spiro atoms. The van der Waals surface area contributed by atoms with Gasteiger partial charge in [0.15, 0.2) is 17.2 Å². The van der Waals surface area contributed by atoms with Crippen molar-refractivity contribution in [2.45, 2.75) is 4.90 Å². The number of esters is 1. The molecule has 2 aromatic rings. The molecule has 2 rings (SSSR count). The van der Waals surface area contributed by atoms with E-state index in [2.05, 4.69) is 9.46 Å². The summed E-state index contributed by atoms with van der Waals surface area (Å²) in [5.41, 5.74) is -0.312. The number of hydrogen-bond acceptors (Lipinski definition) is 7. The normalized spacial score (nSPS) is 10.8. The van der Waals surface area contributed by atoms with Crippen molar-refractivity contribution >= 4 is 21.7 Å². The van der Waals surface area contributed by atoms with E-state index in [1.165, 1.54) is 50.6 Å². The van der Waals surface area contributed by atoms with Gasteiger partial charge in [-0.05, 0) is 24.3 Å². The average Bonchev–Trinajstić information content (AvgIpc) is 2.62. The van der Waals surface area contributed by atoms with Crippen LogP contribution in [0.15, 0.2) is 41.3 Å². The standard InChI is InChI=1S/C16H17NO7S/c1-22-13-8-7-10(9-14(13)23-2)25(20,21)17-12-6-4-5-11(15(12)18)16(19)24-3/h4-9,17-18H,1-3H3. The average molecular weight is 367 g/mol. The quantitative estimate of drug-likeness (QED) is 0.593. The first kappa shape index (κ1) is 18.4. The summed E-state index contributed by atoms with van der Waals surface area (Å²) < 4.78 is 42.0. The van der Waals surface area contributed by atoms with Crippen LogP contribution in [0.25, 0.3) is 0 Å². The first-order valence-electron chi connectivity index (χ1n) is 6.99.